The SMILES string of the molecule is COc1cc(OC)c(Cl)c(-c2cc3cnc(NC4CCOCC4)nc3n(CCc3ccc(NC(C)=O)cn3)c2=O)c1Cl. The molecule has 0 unspecified atom stereocenters. The lowest BCUT2D eigenvalue weighted by atomic mass is 10.0. The van der Waals surface area contributed by atoms with Crippen molar-refractivity contribution in [3.8, 4) is 22.6 Å². The molecule has 1 aliphatic heterocycles. The summed E-state index contributed by atoms with van der Waals surface area (Å²) in [6.45, 7) is 3.01. The summed E-state index contributed by atoms with van der Waals surface area (Å²) in [4.78, 5) is 39.3. The van der Waals surface area contributed by atoms with E-state index in [-0.39, 0.29) is 45.2 Å². The third-order valence-electron chi connectivity index (χ3n) is 6.96. The summed E-state index contributed by atoms with van der Waals surface area (Å²) < 4.78 is 17.9. The number of amides is 1. The number of anilines is 2. The van der Waals surface area contributed by atoms with Gasteiger partial charge in [0.15, 0.2) is 0 Å². The Morgan fingerprint density at radius 1 is 1.07 bits per heavy atom. The zero-order valence-electron chi connectivity index (χ0n) is 23.4. The number of nitrogens with zero attached hydrogens (tertiary/aromatic N) is 4. The normalized spacial score (nSPS) is 13.6. The lowest BCUT2D eigenvalue weighted by Gasteiger charge is -2.23. The highest BCUT2D eigenvalue weighted by molar-refractivity contribution is 6.41. The van der Waals surface area contributed by atoms with Crippen LogP contribution in [0.2, 0.25) is 10.0 Å². The number of aryl methyl sites for hydroxylation is 2. The van der Waals surface area contributed by atoms with Gasteiger partial charge < -0.3 is 24.8 Å². The largest absolute Gasteiger partial charge is 0.495 e. The number of rotatable bonds is 9. The smallest absolute Gasteiger partial charge is 0.260 e. The van der Waals surface area contributed by atoms with Gasteiger partial charge in [-0.25, -0.2) is 4.98 Å². The minimum atomic E-state index is -0.354. The van der Waals surface area contributed by atoms with E-state index in [4.69, 9.17) is 42.4 Å². The number of halogens is 2. The molecule has 4 aromatic rings. The summed E-state index contributed by atoms with van der Waals surface area (Å²) in [5.41, 5.74) is 1.94. The van der Waals surface area contributed by atoms with E-state index < -0.39 is 0 Å². The Hall–Kier alpha value is -3.93. The topological polar surface area (TPSA) is 129 Å². The highest BCUT2D eigenvalue weighted by Gasteiger charge is 2.24. The molecule has 42 heavy (non-hydrogen) atoms. The third kappa shape index (κ3) is 6.28. The maximum absolute atomic E-state index is 14.2. The number of ether oxygens (including phenoxy) is 3. The van der Waals surface area contributed by atoms with Crippen LogP contribution in [0.25, 0.3) is 22.2 Å². The van der Waals surface area contributed by atoms with E-state index in [9.17, 15) is 9.59 Å². The van der Waals surface area contributed by atoms with E-state index in [1.807, 2.05) is 0 Å². The van der Waals surface area contributed by atoms with Crippen LogP contribution in [0.5, 0.6) is 11.5 Å². The first kappa shape index (κ1) is 29.6. The van der Waals surface area contributed by atoms with E-state index in [1.165, 1.54) is 21.1 Å². The van der Waals surface area contributed by atoms with Crippen LogP contribution < -0.4 is 25.7 Å². The van der Waals surface area contributed by atoms with Crippen LogP contribution in [0.3, 0.4) is 0 Å². The molecule has 4 heterocycles. The fraction of sp³-hybridized carbons (Fsp3) is 0.345. The van der Waals surface area contributed by atoms with Gasteiger partial charge >= 0.3 is 0 Å². The van der Waals surface area contributed by atoms with Crippen molar-refractivity contribution in [2.75, 3.05) is 38.1 Å². The van der Waals surface area contributed by atoms with Crippen molar-refractivity contribution in [1.29, 1.82) is 0 Å². The summed E-state index contributed by atoms with van der Waals surface area (Å²) >= 11 is 13.4. The molecule has 1 fully saturated rings. The Kier molecular flexibility index (Phi) is 9.10. The van der Waals surface area contributed by atoms with Crippen molar-refractivity contribution in [2.45, 2.75) is 38.8 Å². The molecule has 13 heteroatoms. The molecular formula is C29H30Cl2N6O5. The van der Waals surface area contributed by atoms with E-state index in [0.29, 0.717) is 53.8 Å². The van der Waals surface area contributed by atoms with Crippen molar-refractivity contribution < 1.29 is 19.0 Å². The molecule has 1 aliphatic rings. The molecule has 1 aromatic carbocycles. The molecule has 2 N–H and O–H groups in total. The predicted octanol–water partition coefficient (Wildman–Crippen LogP) is 4.97. The Morgan fingerprint density at radius 3 is 2.40 bits per heavy atom. The number of carbonyl (C=O) groups is 1. The van der Waals surface area contributed by atoms with Crippen LogP contribution in [0.15, 0.2) is 41.5 Å². The lowest BCUT2D eigenvalue weighted by molar-refractivity contribution is -0.114. The monoisotopic (exact) mass is 612 g/mol. The molecule has 1 saturated heterocycles. The van der Waals surface area contributed by atoms with Gasteiger partial charge in [-0.2, -0.15) is 4.98 Å². The van der Waals surface area contributed by atoms with Crippen molar-refractivity contribution >= 4 is 51.8 Å². The molecule has 0 saturated carbocycles. The first-order chi connectivity index (χ1) is 20.3. The van der Waals surface area contributed by atoms with E-state index in [2.05, 4.69) is 20.6 Å². The number of aromatic nitrogens is 4. The number of benzene rings is 1. The Morgan fingerprint density at radius 2 is 1.79 bits per heavy atom. The number of nitrogens with one attached hydrogen (secondary N) is 2. The van der Waals surface area contributed by atoms with Crippen molar-refractivity contribution in [3.63, 3.8) is 0 Å². The average molecular weight is 614 g/mol. The summed E-state index contributed by atoms with van der Waals surface area (Å²) in [6.07, 6.45) is 5.33. The molecule has 3 aromatic heterocycles. The summed E-state index contributed by atoms with van der Waals surface area (Å²) in [5.74, 6) is 0.868. The number of carbonyl (C=O) groups excluding carboxylic acids is 1. The lowest BCUT2D eigenvalue weighted by Crippen LogP contribution is -2.29. The van der Waals surface area contributed by atoms with E-state index in [0.717, 1.165) is 18.5 Å². The first-order valence-electron chi connectivity index (χ1n) is 13.4. The van der Waals surface area contributed by atoms with Gasteiger partial charge in [-0.15, -0.1) is 0 Å². The van der Waals surface area contributed by atoms with Gasteiger partial charge in [-0.05, 0) is 31.0 Å². The first-order valence-corrected chi connectivity index (χ1v) is 14.1. The summed E-state index contributed by atoms with van der Waals surface area (Å²) in [6, 6.07) is 6.99. The molecule has 0 atom stereocenters. The van der Waals surface area contributed by atoms with Gasteiger partial charge in [0.2, 0.25) is 11.9 Å². The van der Waals surface area contributed by atoms with Crippen molar-refractivity contribution in [3.05, 3.63) is 62.8 Å². The van der Waals surface area contributed by atoms with Gasteiger partial charge in [0.25, 0.3) is 5.56 Å². The zero-order chi connectivity index (χ0) is 29.8. The number of hydrogen-bond donors (Lipinski definition) is 2. The zero-order valence-corrected chi connectivity index (χ0v) is 24.9. The molecular weight excluding hydrogens is 583 g/mol. The van der Waals surface area contributed by atoms with Gasteiger partial charge in [0, 0.05) is 68.1 Å². The second-order valence-corrected chi connectivity index (χ2v) is 10.5. The van der Waals surface area contributed by atoms with Gasteiger partial charge in [-0.1, -0.05) is 23.2 Å². The molecule has 5 rings (SSSR count). The van der Waals surface area contributed by atoms with Crippen LogP contribution in [0, 0.1) is 0 Å². The Balaban J connectivity index is 1.61. The summed E-state index contributed by atoms with van der Waals surface area (Å²) in [5, 5.41) is 7.05. The van der Waals surface area contributed by atoms with Gasteiger partial charge in [0.05, 0.1) is 41.7 Å². The minimum Gasteiger partial charge on any atom is -0.495 e. The predicted molar refractivity (Wildman–Crippen MR) is 162 cm³/mol. The number of fused-ring (bicyclic) bond motifs is 1. The maximum atomic E-state index is 14.2. The van der Waals surface area contributed by atoms with Gasteiger partial charge in [0.1, 0.15) is 17.1 Å². The molecule has 11 nitrogen and oxygen atoms in total. The second kappa shape index (κ2) is 12.9. The Bertz CT molecular complexity index is 1640. The Labute approximate surface area is 252 Å². The van der Waals surface area contributed by atoms with Crippen LogP contribution in [0.4, 0.5) is 11.6 Å². The molecule has 0 aliphatic carbocycles. The highest BCUT2D eigenvalue weighted by atomic mass is 35.5. The minimum absolute atomic E-state index is 0.170. The average Bonchev–Trinajstić information content (AvgIpc) is 2.98. The molecule has 0 bridgehead atoms. The standard InChI is InChI=1S/C29H30Cl2N6O5/c1-16(38)34-20-5-4-18(32-15-20)6-9-37-27-17(14-33-29(36-27)35-19-7-10-42-11-8-19)12-21(28(37)39)24-25(30)22(40-2)13-23(41-3)26(24)31/h4-5,12-15,19H,6-11H2,1-3H3,(H,34,38)(H,33,35,36). The number of methoxy groups -OCH3 is 2. The molecule has 0 spiro atoms. The quantitative estimate of drug-likeness (QED) is 0.269. The fourth-order valence-electron chi connectivity index (χ4n) is 4.84. The van der Waals surface area contributed by atoms with Crippen LogP contribution in [-0.2, 0) is 22.5 Å². The summed E-state index contributed by atoms with van der Waals surface area (Å²) in [7, 11) is 2.95. The molecule has 1 amide bonds. The number of hydrogen-bond acceptors (Lipinski definition) is 9. The highest BCUT2D eigenvalue weighted by Crippen LogP contribution is 2.45. The van der Waals surface area contributed by atoms with Crippen LogP contribution >= 0.6 is 23.2 Å². The number of pyridine rings is 2. The maximum Gasteiger partial charge on any atom is 0.260 e. The van der Waals surface area contributed by atoms with E-state index in [1.54, 1.807) is 41.2 Å². The van der Waals surface area contributed by atoms with E-state index >= 15 is 0 Å². The molecule has 0 radical (unpaired) electrons. The van der Waals surface area contributed by atoms with Crippen molar-refractivity contribution in [1.82, 2.24) is 19.5 Å². The fourth-order valence-corrected chi connectivity index (χ4v) is 5.54. The van der Waals surface area contributed by atoms with Crippen molar-refractivity contribution in [2.24, 2.45) is 0 Å². The van der Waals surface area contributed by atoms with Crippen LogP contribution in [-0.4, -0.2) is 58.9 Å². The molecule has 220 valence electrons. The van der Waals surface area contributed by atoms with Crippen LogP contribution in [0.1, 0.15) is 25.5 Å². The second-order valence-electron chi connectivity index (χ2n) is 9.77. The third-order valence-corrected chi connectivity index (χ3v) is 7.71. The van der Waals surface area contributed by atoms with Gasteiger partial charge in [-0.3, -0.25) is 19.1 Å².